The highest BCUT2D eigenvalue weighted by Gasteiger charge is 2.29. The summed E-state index contributed by atoms with van der Waals surface area (Å²) in [5.41, 5.74) is 2.19. The van der Waals surface area contributed by atoms with E-state index in [-0.39, 0.29) is 17.9 Å². The Kier molecular flexibility index (Phi) is 4.66. The molecule has 0 radical (unpaired) electrons. The van der Waals surface area contributed by atoms with Gasteiger partial charge < -0.3 is 15.3 Å². The summed E-state index contributed by atoms with van der Waals surface area (Å²) in [5.74, 6) is -0.130. The fraction of sp³-hybridized carbons (Fsp3) is 0.556. The lowest BCUT2D eigenvalue weighted by Crippen LogP contribution is -2.45. The molecule has 2 aliphatic rings. The molecule has 0 bridgehead atoms. The number of carbonyl (C=O) groups excluding carboxylic acids is 2. The first-order valence-electron chi connectivity index (χ1n) is 8.46. The third kappa shape index (κ3) is 3.39. The highest BCUT2D eigenvalue weighted by atomic mass is 16.3. The molecule has 0 spiro atoms. The van der Waals surface area contributed by atoms with Crippen molar-refractivity contribution in [3.05, 3.63) is 29.3 Å². The summed E-state index contributed by atoms with van der Waals surface area (Å²) >= 11 is 0. The van der Waals surface area contributed by atoms with E-state index in [4.69, 9.17) is 0 Å². The van der Waals surface area contributed by atoms with Crippen molar-refractivity contribution in [2.45, 2.75) is 57.6 Å². The summed E-state index contributed by atoms with van der Waals surface area (Å²) in [4.78, 5) is 26.5. The summed E-state index contributed by atoms with van der Waals surface area (Å²) in [6, 6.07) is 5.41. The van der Waals surface area contributed by atoms with E-state index >= 15 is 0 Å². The lowest BCUT2D eigenvalue weighted by atomic mass is 9.92. The van der Waals surface area contributed by atoms with Crippen molar-refractivity contribution in [1.29, 1.82) is 0 Å². The number of hydrogen-bond acceptors (Lipinski definition) is 3. The normalized spacial score (nSPS) is 24.8. The van der Waals surface area contributed by atoms with Crippen LogP contribution in [0.15, 0.2) is 18.2 Å². The monoisotopic (exact) mass is 316 g/mol. The van der Waals surface area contributed by atoms with Crippen LogP contribution >= 0.6 is 0 Å². The zero-order valence-corrected chi connectivity index (χ0v) is 13.5. The van der Waals surface area contributed by atoms with Gasteiger partial charge in [0, 0.05) is 13.0 Å². The van der Waals surface area contributed by atoms with Crippen molar-refractivity contribution in [3.63, 3.8) is 0 Å². The number of aliphatic hydroxyl groups is 1. The molecule has 1 aliphatic carbocycles. The van der Waals surface area contributed by atoms with E-state index < -0.39 is 6.10 Å². The van der Waals surface area contributed by atoms with Gasteiger partial charge in [-0.3, -0.25) is 9.59 Å². The summed E-state index contributed by atoms with van der Waals surface area (Å²) in [7, 11) is 0. The molecule has 3 rings (SSSR count). The molecule has 1 aromatic rings. The molecule has 1 saturated carbocycles. The Balaban J connectivity index is 1.84. The van der Waals surface area contributed by atoms with Crippen molar-refractivity contribution in [3.8, 4) is 0 Å². The fourth-order valence-electron chi connectivity index (χ4n) is 3.50. The maximum atomic E-state index is 12.7. The number of benzene rings is 1. The summed E-state index contributed by atoms with van der Waals surface area (Å²) < 4.78 is 0. The molecular formula is C18H24N2O3. The van der Waals surface area contributed by atoms with Crippen LogP contribution in [-0.4, -0.2) is 35.6 Å². The number of amides is 2. The zero-order chi connectivity index (χ0) is 16.4. The molecule has 2 N–H and O–H groups in total. The third-order valence-corrected chi connectivity index (χ3v) is 4.81. The first-order chi connectivity index (χ1) is 11.1. The van der Waals surface area contributed by atoms with Gasteiger partial charge in [0.05, 0.1) is 23.4 Å². The first kappa shape index (κ1) is 16.0. The van der Waals surface area contributed by atoms with Gasteiger partial charge in [0.1, 0.15) is 0 Å². The Hall–Kier alpha value is -1.88. The second kappa shape index (κ2) is 6.71. The molecule has 5 heteroatoms. The summed E-state index contributed by atoms with van der Waals surface area (Å²) in [5, 5.41) is 13.0. The van der Waals surface area contributed by atoms with Gasteiger partial charge >= 0.3 is 0 Å². The second-order valence-electron chi connectivity index (χ2n) is 6.60. The van der Waals surface area contributed by atoms with Crippen molar-refractivity contribution < 1.29 is 14.7 Å². The number of carbonyl (C=O) groups is 2. The number of anilines is 1. The van der Waals surface area contributed by atoms with E-state index in [1.165, 1.54) is 0 Å². The van der Waals surface area contributed by atoms with Crippen LogP contribution in [0.3, 0.4) is 0 Å². The SMILES string of the molecule is Cc1ccc(N2CCCC2=O)c(C(=O)NC2CCCCC2O)c1. The van der Waals surface area contributed by atoms with Crippen molar-refractivity contribution in [2.75, 3.05) is 11.4 Å². The van der Waals surface area contributed by atoms with E-state index in [2.05, 4.69) is 5.32 Å². The lowest BCUT2D eigenvalue weighted by Gasteiger charge is -2.29. The Morgan fingerprint density at radius 1 is 1.26 bits per heavy atom. The van der Waals surface area contributed by atoms with Gasteiger partial charge in [-0.1, -0.05) is 24.5 Å². The molecular weight excluding hydrogens is 292 g/mol. The number of aliphatic hydroxyl groups excluding tert-OH is 1. The zero-order valence-electron chi connectivity index (χ0n) is 13.5. The van der Waals surface area contributed by atoms with E-state index in [1.54, 1.807) is 4.90 Å². The number of nitrogens with zero attached hydrogens (tertiary/aromatic N) is 1. The number of hydrogen-bond donors (Lipinski definition) is 2. The molecule has 1 aliphatic heterocycles. The average Bonchev–Trinajstić information content (AvgIpc) is 2.95. The van der Waals surface area contributed by atoms with Crippen LogP contribution in [0.2, 0.25) is 0 Å². The maximum Gasteiger partial charge on any atom is 0.253 e. The minimum Gasteiger partial charge on any atom is -0.391 e. The van der Waals surface area contributed by atoms with Crippen molar-refractivity contribution in [1.82, 2.24) is 5.32 Å². The van der Waals surface area contributed by atoms with Crippen LogP contribution in [-0.2, 0) is 4.79 Å². The topological polar surface area (TPSA) is 69.6 Å². The fourth-order valence-corrected chi connectivity index (χ4v) is 3.50. The van der Waals surface area contributed by atoms with E-state index in [9.17, 15) is 14.7 Å². The van der Waals surface area contributed by atoms with Crippen LogP contribution < -0.4 is 10.2 Å². The minimum absolute atomic E-state index is 0.0700. The molecule has 1 heterocycles. The smallest absolute Gasteiger partial charge is 0.253 e. The molecule has 1 saturated heterocycles. The first-order valence-corrected chi connectivity index (χ1v) is 8.46. The largest absolute Gasteiger partial charge is 0.391 e. The van der Waals surface area contributed by atoms with Crippen LogP contribution in [0.5, 0.6) is 0 Å². The number of nitrogens with one attached hydrogen (secondary N) is 1. The Morgan fingerprint density at radius 2 is 2.04 bits per heavy atom. The van der Waals surface area contributed by atoms with Crippen molar-refractivity contribution >= 4 is 17.5 Å². The quantitative estimate of drug-likeness (QED) is 0.898. The van der Waals surface area contributed by atoms with E-state index in [0.29, 0.717) is 24.2 Å². The van der Waals surface area contributed by atoms with E-state index in [0.717, 1.165) is 37.7 Å². The predicted octanol–water partition coefficient (Wildman–Crippen LogP) is 2.16. The van der Waals surface area contributed by atoms with Crippen LogP contribution in [0.25, 0.3) is 0 Å². The van der Waals surface area contributed by atoms with Gasteiger partial charge in [0.15, 0.2) is 0 Å². The Labute approximate surface area is 136 Å². The molecule has 0 aromatic heterocycles. The lowest BCUT2D eigenvalue weighted by molar-refractivity contribution is -0.117. The summed E-state index contributed by atoms with van der Waals surface area (Å²) in [6.07, 6.45) is 4.45. The molecule has 1 aromatic carbocycles. The third-order valence-electron chi connectivity index (χ3n) is 4.81. The molecule has 5 nitrogen and oxygen atoms in total. The molecule has 2 unspecified atom stereocenters. The van der Waals surface area contributed by atoms with Crippen LogP contribution in [0.4, 0.5) is 5.69 Å². The van der Waals surface area contributed by atoms with E-state index in [1.807, 2.05) is 25.1 Å². The standard InChI is InChI=1S/C18H24N2O3/c1-12-8-9-15(20-10-4-7-17(20)22)13(11-12)18(23)19-14-5-2-3-6-16(14)21/h8-9,11,14,16,21H,2-7,10H2,1H3,(H,19,23). The highest BCUT2D eigenvalue weighted by Crippen LogP contribution is 2.27. The van der Waals surface area contributed by atoms with Gasteiger partial charge in [-0.25, -0.2) is 0 Å². The summed E-state index contributed by atoms with van der Waals surface area (Å²) in [6.45, 7) is 2.59. The maximum absolute atomic E-state index is 12.7. The van der Waals surface area contributed by atoms with Crippen LogP contribution in [0, 0.1) is 6.92 Å². The number of rotatable bonds is 3. The van der Waals surface area contributed by atoms with Gasteiger partial charge in [0.25, 0.3) is 5.91 Å². The Morgan fingerprint density at radius 3 is 2.74 bits per heavy atom. The van der Waals surface area contributed by atoms with Crippen molar-refractivity contribution in [2.24, 2.45) is 0 Å². The average molecular weight is 316 g/mol. The minimum atomic E-state index is -0.477. The Bertz CT molecular complexity index is 614. The molecule has 124 valence electrons. The van der Waals surface area contributed by atoms with Gasteiger partial charge in [-0.15, -0.1) is 0 Å². The highest BCUT2D eigenvalue weighted by molar-refractivity contribution is 6.05. The van der Waals surface area contributed by atoms with Gasteiger partial charge in [-0.05, 0) is 38.3 Å². The second-order valence-corrected chi connectivity index (χ2v) is 6.60. The van der Waals surface area contributed by atoms with Gasteiger partial charge in [0.2, 0.25) is 5.91 Å². The molecule has 2 atom stereocenters. The molecule has 2 fully saturated rings. The molecule has 2 amide bonds. The molecule has 23 heavy (non-hydrogen) atoms. The predicted molar refractivity (Wildman–Crippen MR) is 88.5 cm³/mol. The number of aryl methyl sites for hydroxylation is 1. The van der Waals surface area contributed by atoms with Crippen LogP contribution in [0.1, 0.15) is 54.4 Å². The van der Waals surface area contributed by atoms with Gasteiger partial charge in [-0.2, -0.15) is 0 Å².